The van der Waals surface area contributed by atoms with E-state index in [9.17, 15) is 0 Å². The summed E-state index contributed by atoms with van der Waals surface area (Å²) in [7, 11) is 0. The fourth-order valence-corrected chi connectivity index (χ4v) is 2.48. The minimum absolute atomic E-state index is 0.294. The first-order chi connectivity index (χ1) is 9.77. The summed E-state index contributed by atoms with van der Waals surface area (Å²) in [5, 5.41) is 12.4. The van der Waals surface area contributed by atoms with Crippen LogP contribution in [0.25, 0.3) is 0 Å². The number of nitrogens with zero attached hydrogens (tertiary/aromatic N) is 3. The normalized spacial score (nSPS) is 15.7. The van der Waals surface area contributed by atoms with E-state index >= 15 is 0 Å². The lowest BCUT2D eigenvalue weighted by molar-refractivity contribution is 0.566. The topological polar surface area (TPSA) is 52.0 Å². The van der Waals surface area contributed by atoms with E-state index in [0.29, 0.717) is 18.5 Å². The molecule has 1 saturated carbocycles. The van der Waals surface area contributed by atoms with Gasteiger partial charge in [0.05, 0.1) is 12.5 Å². The van der Waals surface area contributed by atoms with Crippen LogP contribution in [-0.2, 0) is 0 Å². The predicted octanol–water partition coefficient (Wildman–Crippen LogP) is 3.02. The fourth-order valence-electron chi connectivity index (χ4n) is 2.48. The minimum atomic E-state index is 0.294. The number of rotatable bonds is 8. The van der Waals surface area contributed by atoms with Crippen LogP contribution in [0.5, 0.6) is 0 Å². The van der Waals surface area contributed by atoms with Gasteiger partial charge in [0, 0.05) is 30.4 Å². The van der Waals surface area contributed by atoms with Crippen molar-refractivity contribution < 1.29 is 0 Å². The molecule has 1 aromatic rings. The Balaban J connectivity index is 2.18. The Labute approximate surface area is 121 Å². The molecular weight excluding hydrogens is 248 g/mol. The molecule has 1 unspecified atom stereocenters. The maximum atomic E-state index is 8.85. The highest BCUT2D eigenvalue weighted by Crippen LogP contribution is 2.34. The van der Waals surface area contributed by atoms with Gasteiger partial charge in [-0.25, -0.2) is 4.98 Å². The molecule has 1 heterocycles. The van der Waals surface area contributed by atoms with Crippen molar-refractivity contribution in [1.82, 2.24) is 10.3 Å². The zero-order chi connectivity index (χ0) is 14.4. The van der Waals surface area contributed by atoms with Crippen molar-refractivity contribution in [3.63, 3.8) is 0 Å². The molecule has 0 spiro atoms. The van der Waals surface area contributed by atoms with E-state index < -0.39 is 0 Å². The van der Waals surface area contributed by atoms with Gasteiger partial charge in [-0.15, -0.1) is 0 Å². The van der Waals surface area contributed by atoms with Gasteiger partial charge in [0.25, 0.3) is 0 Å². The zero-order valence-electron chi connectivity index (χ0n) is 12.5. The van der Waals surface area contributed by atoms with Crippen molar-refractivity contribution in [2.45, 2.75) is 51.6 Å². The second-order valence-corrected chi connectivity index (χ2v) is 5.42. The Morgan fingerprint density at radius 2 is 2.35 bits per heavy atom. The Bertz CT molecular complexity index is 462. The first-order valence-electron chi connectivity index (χ1n) is 7.59. The Hall–Kier alpha value is -1.60. The Morgan fingerprint density at radius 3 is 3.00 bits per heavy atom. The van der Waals surface area contributed by atoms with Gasteiger partial charge in [0.15, 0.2) is 0 Å². The molecular formula is C16H24N4. The number of nitrogens with one attached hydrogen (secondary N) is 1. The summed E-state index contributed by atoms with van der Waals surface area (Å²) in [4.78, 5) is 6.92. The van der Waals surface area contributed by atoms with Crippen molar-refractivity contribution >= 4 is 5.82 Å². The smallest absolute Gasteiger partial charge is 0.133 e. The third-order valence-corrected chi connectivity index (χ3v) is 3.71. The standard InChI is InChI=1S/C16H24N4/c1-3-10-18-13(2)15-6-4-11-19-16(15)20(12-5-9-17)14-7-8-14/h4,6,11,13-14,18H,3,5,7-8,10,12H2,1-2H3. The second-order valence-electron chi connectivity index (χ2n) is 5.42. The largest absolute Gasteiger partial charge is 0.352 e. The number of nitriles is 1. The molecule has 1 fully saturated rings. The van der Waals surface area contributed by atoms with Crippen LogP contribution in [0.2, 0.25) is 0 Å². The number of pyridine rings is 1. The number of hydrogen-bond donors (Lipinski definition) is 1. The van der Waals surface area contributed by atoms with Crippen molar-refractivity contribution in [2.24, 2.45) is 0 Å². The zero-order valence-corrected chi connectivity index (χ0v) is 12.5. The van der Waals surface area contributed by atoms with E-state index in [-0.39, 0.29) is 0 Å². The summed E-state index contributed by atoms with van der Waals surface area (Å²) in [6.07, 6.45) is 5.98. The second kappa shape index (κ2) is 7.25. The summed E-state index contributed by atoms with van der Waals surface area (Å²) < 4.78 is 0. The van der Waals surface area contributed by atoms with Crippen LogP contribution in [0.1, 0.15) is 51.1 Å². The van der Waals surface area contributed by atoms with Gasteiger partial charge in [-0.3, -0.25) is 0 Å². The van der Waals surface area contributed by atoms with Gasteiger partial charge in [-0.05, 0) is 38.8 Å². The summed E-state index contributed by atoms with van der Waals surface area (Å²) in [5.74, 6) is 1.06. The number of anilines is 1. The summed E-state index contributed by atoms with van der Waals surface area (Å²) in [5.41, 5.74) is 1.24. The molecule has 0 aromatic carbocycles. The quantitative estimate of drug-likeness (QED) is 0.790. The molecule has 108 valence electrons. The van der Waals surface area contributed by atoms with E-state index in [1.165, 1.54) is 18.4 Å². The van der Waals surface area contributed by atoms with Crippen LogP contribution in [0.4, 0.5) is 5.82 Å². The van der Waals surface area contributed by atoms with E-state index in [0.717, 1.165) is 25.3 Å². The molecule has 2 rings (SSSR count). The molecule has 0 bridgehead atoms. The summed E-state index contributed by atoms with van der Waals surface area (Å²) >= 11 is 0. The first kappa shape index (κ1) is 14.8. The van der Waals surface area contributed by atoms with Gasteiger partial charge in [0.2, 0.25) is 0 Å². The van der Waals surface area contributed by atoms with Gasteiger partial charge in [0.1, 0.15) is 5.82 Å². The molecule has 1 aliphatic rings. The number of hydrogen-bond acceptors (Lipinski definition) is 4. The molecule has 4 heteroatoms. The predicted molar refractivity (Wildman–Crippen MR) is 81.5 cm³/mol. The van der Waals surface area contributed by atoms with Crippen molar-refractivity contribution in [1.29, 1.82) is 5.26 Å². The number of aromatic nitrogens is 1. The van der Waals surface area contributed by atoms with Crippen LogP contribution in [-0.4, -0.2) is 24.1 Å². The lowest BCUT2D eigenvalue weighted by atomic mass is 10.1. The maximum absolute atomic E-state index is 8.85. The van der Waals surface area contributed by atoms with Crippen LogP contribution in [0.15, 0.2) is 18.3 Å². The fraction of sp³-hybridized carbons (Fsp3) is 0.625. The summed E-state index contributed by atoms with van der Waals surface area (Å²) in [6, 6.07) is 7.27. The highest BCUT2D eigenvalue weighted by molar-refractivity contribution is 5.50. The Kier molecular flexibility index (Phi) is 5.37. The molecule has 0 radical (unpaired) electrons. The monoisotopic (exact) mass is 272 g/mol. The third-order valence-electron chi connectivity index (χ3n) is 3.71. The highest BCUT2D eigenvalue weighted by atomic mass is 15.2. The van der Waals surface area contributed by atoms with Gasteiger partial charge < -0.3 is 10.2 Å². The molecule has 1 aliphatic carbocycles. The molecule has 0 amide bonds. The molecule has 4 nitrogen and oxygen atoms in total. The molecule has 0 saturated heterocycles. The molecule has 20 heavy (non-hydrogen) atoms. The molecule has 1 N–H and O–H groups in total. The van der Waals surface area contributed by atoms with Gasteiger partial charge in [-0.1, -0.05) is 13.0 Å². The van der Waals surface area contributed by atoms with Crippen molar-refractivity contribution in [3.05, 3.63) is 23.9 Å². The van der Waals surface area contributed by atoms with Crippen LogP contribution < -0.4 is 10.2 Å². The van der Waals surface area contributed by atoms with Crippen molar-refractivity contribution in [3.8, 4) is 6.07 Å². The highest BCUT2D eigenvalue weighted by Gasteiger charge is 2.31. The molecule has 1 aromatic heterocycles. The molecule has 1 atom stereocenters. The first-order valence-corrected chi connectivity index (χ1v) is 7.59. The SMILES string of the molecule is CCCNC(C)c1cccnc1N(CCC#N)C1CC1. The van der Waals surface area contributed by atoms with E-state index in [1.54, 1.807) is 0 Å². The van der Waals surface area contributed by atoms with Gasteiger partial charge in [-0.2, -0.15) is 5.26 Å². The lowest BCUT2D eigenvalue weighted by Crippen LogP contribution is -2.30. The average Bonchev–Trinajstić information content (AvgIpc) is 3.30. The van der Waals surface area contributed by atoms with E-state index in [4.69, 9.17) is 5.26 Å². The molecule has 0 aliphatic heterocycles. The minimum Gasteiger partial charge on any atom is -0.352 e. The Morgan fingerprint density at radius 1 is 1.55 bits per heavy atom. The van der Waals surface area contributed by atoms with Gasteiger partial charge >= 0.3 is 0 Å². The van der Waals surface area contributed by atoms with Crippen LogP contribution >= 0.6 is 0 Å². The van der Waals surface area contributed by atoms with E-state index in [1.807, 2.05) is 12.3 Å². The van der Waals surface area contributed by atoms with Crippen molar-refractivity contribution in [2.75, 3.05) is 18.0 Å². The summed E-state index contributed by atoms with van der Waals surface area (Å²) in [6.45, 7) is 6.15. The maximum Gasteiger partial charge on any atom is 0.133 e. The van der Waals surface area contributed by atoms with Crippen LogP contribution in [0.3, 0.4) is 0 Å². The lowest BCUT2D eigenvalue weighted by Gasteiger charge is -2.27. The average molecular weight is 272 g/mol. The van der Waals surface area contributed by atoms with E-state index in [2.05, 4.69) is 41.2 Å². The third kappa shape index (κ3) is 3.71. The van der Waals surface area contributed by atoms with Crippen LogP contribution in [0, 0.1) is 11.3 Å².